The molecule has 0 aliphatic heterocycles. The molecule has 2 N–H and O–H groups in total. The van der Waals surface area contributed by atoms with Crippen LogP contribution in [0.2, 0.25) is 5.02 Å². The van der Waals surface area contributed by atoms with Gasteiger partial charge in [-0.1, -0.05) is 39.7 Å². The van der Waals surface area contributed by atoms with Crippen LogP contribution in [0.4, 0.5) is 5.69 Å². The molecule has 0 heterocycles. The highest BCUT2D eigenvalue weighted by Crippen LogP contribution is 2.17. The number of amides is 1. The molecule has 2 atom stereocenters. The highest BCUT2D eigenvalue weighted by atomic mass is 79.9. The van der Waals surface area contributed by atoms with Crippen LogP contribution in [-0.2, 0) is 4.79 Å². The molecule has 5 heteroatoms. The minimum atomic E-state index is -0.311. The lowest BCUT2D eigenvalue weighted by Crippen LogP contribution is -2.39. The van der Waals surface area contributed by atoms with Crippen molar-refractivity contribution in [1.82, 2.24) is 5.32 Å². The summed E-state index contributed by atoms with van der Waals surface area (Å²) in [6.07, 6.45) is 0. The Kier molecular flexibility index (Phi) is 6.00. The third kappa shape index (κ3) is 4.83. The lowest BCUT2D eigenvalue weighted by molar-refractivity contribution is -0.117. The van der Waals surface area contributed by atoms with Crippen molar-refractivity contribution in [3.8, 4) is 0 Å². The van der Waals surface area contributed by atoms with Crippen molar-refractivity contribution in [3.63, 3.8) is 0 Å². The van der Waals surface area contributed by atoms with Crippen LogP contribution in [0.15, 0.2) is 53.0 Å². The number of nitrogens with one attached hydrogen (secondary N) is 2. The Bertz CT molecular complexity index is 628. The topological polar surface area (TPSA) is 41.1 Å². The summed E-state index contributed by atoms with van der Waals surface area (Å²) in [5.41, 5.74) is 1.87. The third-order valence-corrected chi connectivity index (χ3v) is 4.16. The van der Waals surface area contributed by atoms with Crippen LogP contribution in [0.1, 0.15) is 25.5 Å². The second kappa shape index (κ2) is 7.77. The van der Waals surface area contributed by atoms with Crippen molar-refractivity contribution >= 4 is 39.1 Å². The van der Waals surface area contributed by atoms with Gasteiger partial charge in [0.2, 0.25) is 5.91 Å². The molecule has 0 saturated heterocycles. The minimum absolute atomic E-state index is 0.0583. The van der Waals surface area contributed by atoms with Crippen molar-refractivity contribution in [2.75, 3.05) is 5.32 Å². The standard InChI is InChI=1S/C17H18BrClN2O/c1-11(13-3-7-15(19)8-4-13)20-12(2)17(22)21-16-9-5-14(18)6-10-16/h3-12,20H,1-2H3,(H,21,22)/t11-,12+/m0/s1. The molecule has 0 bridgehead atoms. The van der Waals surface area contributed by atoms with Gasteiger partial charge in [-0.05, 0) is 55.8 Å². The Balaban J connectivity index is 1.93. The summed E-state index contributed by atoms with van der Waals surface area (Å²) in [5, 5.41) is 6.88. The molecule has 2 aromatic rings. The van der Waals surface area contributed by atoms with E-state index < -0.39 is 0 Å². The Morgan fingerprint density at radius 1 is 1.05 bits per heavy atom. The minimum Gasteiger partial charge on any atom is -0.325 e. The van der Waals surface area contributed by atoms with E-state index in [1.807, 2.05) is 62.4 Å². The maximum absolute atomic E-state index is 12.2. The smallest absolute Gasteiger partial charge is 0.241 e. The summed E-state index contributed by atoms with van der Waals surface area (Å²) in [6.45, 7) is 3.87. The molecule has 22 heavy (non-hydrogen) atoms. The fourth-order valence-corrected chi connectivity index (χ4v) is 2.47. The van der Waals surface area contributed by atoms with Crippen LogP contribution >= 0.6 is 27.5 Å². The Labute approximate surface area is 144 Å². The number of benzene rings is 2. The fraction of sp³-hybridized carbons (Fsp3) is 0.235. The van der Waals surface area contributed by atoms with Gasteiger partial charge in [-0.3, -0.25) is 10.1 Å². The van der Waals surface area contributed by atoms with Crippen molar-refractivity contribution in [1.29, 1.82) is 0 Å². The number of anilines is 1. The van der Waals surface area contributed by atoms with Crippen LogP contribution in [0.25, 0.3) is 0 Å². The van der Waals surface area contributed by atoms with Gasteiger partial charge in [-0.25, -0.2) is 0 Å². The number of carbonyl (C=O) groups excluding carboxylic acids is 1. The Hall–Kier alpha value is -1.36. The first-order valence-electron chi connectivity index (χ1n) is 7.03. The van der Waals surface area contributed by atoms with Gasteiger partial charge in [0.1, 0.15) is 0 Å². The van der Waals surface area contributed by atoms with E-state index in [2.05, 4.69) is 26.6 Å². The second-order valence-corrected chi connectivity index (χ2v) is 6.51. The number of hydrogen-bond acceptors (Lipinski definition) is 2. The molecule has 0 unspecified atom stereocenters. The van der Waals surface area contributed by atoms with Gasteiger partial charge < -0.3 is 5.32 Å². The third-order valence-electron chi connectivity index (χ3n) is 3.38. The van der Waals surface area contributed by atoms with E-state index >= 15 is 0 Å². The fourth-order valence-electron chi connectivity index (χ4n) is 2.08. The van der Waals surface area contributed by atoms with Gasteiger partial charge in [0.15, 0.2) is 0 Å². The number of halogens is 2. The maximum atomic E-state index is 12.2. The zero-order chi connectivity index (χ0) is 16.1. The lowest BCUT2D eigenvalue weighted by atomic mass is 10.1. The zero-order valence-corrected chi connectivity index (χ0v) is 14.8. The molecule has 0 aromatic heterocycles. The lowest BCUT2D eigenvalue weighted by Gasteiger charge is -2.20. The molecular formula is C17H18BrClN2O. The zero-order valence-electron chi connectivity index (χ0n) is 12.4. The van der Waals surface area contributed by atoms with Gasteiger partial charge in [-0.15, -0.1) is 0 Å². The van der Waals surface area contributed by atoms with Crippen LogP contribution in [0.5, 0.6) is 0 Å². The predicted octanol–water partition coefficient (Wildman–Crippen LogP) is 4.78. The predicted molar refractivity (Wildman–Crippen MR) is 95.2 cm³/mol. The van der Waals surface area contributed by atoms with Crippen molar-refractivity contribution in [2.45, 2.75) is 25.9 Å². The summed E-state index contributed by atoms with van der Waals surface area (Å²) < 4.78 is 0.980. The molecule has 2 rings (SSSR count). The number of hydrogen-bond donors (Lipinski definition) is 2. The molecule has 2 aromatic carbocycles. The molecule has 0 spiro atoms. The average molecular weight is 382 g/mol. The van der Waals surface area contributed by atoms with Crippen LogP contribution < -0.4 is 10.6 Å². The highest BCUT2D eigenvalue weighted by Gasteiger charge is 2.16. The Morgan fingerprint density at radius 3 is 2.23 bits per heavy atom. The first-order valence-corrected chi connectivity index (χ1v) is 8.21. The maximum Gasteiger partial charge on any atom is 0.241 e. The molecule has 0 saturated carbocycles. The average Bonchev–Trinajstić information content (AvgIpc) is 2.50. The SMILES string of the molecule is C[C@H](N[C@H](C)C(=O)Nc1ccc(Br)cc1)c1ccc(Cl)cc1. The van der Waals surface area contributed by atoms with E-state index in [-0.39, 0.29) is 18.0 Å². The molecule has 0 fully saturated rings. The van der Waals surface area contributed by atoms with Gasteiger partial charge in [0, 0.05) is 21.2 Å². The molecule has 1 amide bonds. The molecule has 0 aliphatic carbocycles. The quantitative estimate of drug-likeness (QED) is 0.782. The van der Waals surface area contributed by atoms with Crippen molar-refractivity contribution in [2.24, 2.45) is 0 Å². The van der Waals surface area contributed by atoms with Crippen molar-refractivity contribution in [3.05, 3.63) is 63.6 Å². The van der Waals surface area contributed by atoms with E-state index in [1.165, 1.54) is 0 Å². The number of rotatable bonds is 5. The normalized spacial score (nSPS) is 13.5. The van der Waals surface area contributed by atoms with E-state index in [0.717, 1.165) is 15.7 Å². The Morgan fingerprint density at radius 2 is 1.64 bits per heavy atom. The summed E-state index contributed by atoms with van der Waals surface area (Å²) in [6, 6.07) is 14.9. The highest BCUT2D eigenvalue weighted by molar-refractivity contribution is 9.10. The van der Waals surface area contributed by atoms with Crippen molar-refractivity contribution < 1.29 is 4.79 Å². The van der Waals surface area contributed by atoms with E-state index in [4.69, 9.17) is 11.6 Å². The summed E-state index contributed by atoms with van der Waals surface area (Å²) >= 11 is 9.26. The second-order valence-electron chi connectivity index (χ2n) is 5.16. The van der Waals surface area contributed by atoms with Crippen LogP contribution in [-0.4, -0.2) is 11.9 Å². The van der Waals surface area contributed by atoms with Crippen LogP contribution in [0, 0.1) is 0 Å². The van der Waals surface area contributed by atoms with Gasteiger partial charge in [0.25, 0.3) is 0 Å². The molecule has 0 radical (unpaired) electrons. The first kappa shape index (κ1) is 17.0. The van der Waals surface area contributed by atoms with Gasteiger partial charge >= 0.3 is 0 Å². The number of carbonyl (C=O) groups is 1. The first-order chi connectivity index (χ1) is 10.5. The van der Waals surface area contributed by atoms with Gasteiger partial charge in [-0.2, -0.15) is 0 Å². The molecule has 0 aliphatic rings. The molecule has 3 nitrogen and oxygen atoms in total. The van der Waals surface area contributed by atoms with E-state index in [1.54, 1.807) is 0 Å². The monoisotopic (exact) mass is 380 g/mol. The van der Waals surface area contributed by atoms with E-state index in [9.17, 15) is 4.79 Å². The molecular weight excluding hydrogens is 364 g/mol. The molecule has 116 valence electrons. The van der Waals surface area contributed by atoms with E-state index in [0.29, 0.717) is 5.02 Å². The summed E-state index contributed by atoms with van der Waals surface area (Å²) in [4.78, 5) is 12.2. The largest absolute Gasteiger partial charge is 0.325 e. The summed E-state index contributed by atoms with van der Waals surface area (Å²) in [7, 11) is 0. The van der Waals surface area contributed by atoms with Crippen LogP contribution in [0.3, 0.4) is 0 Å². The van der Waals surface area contributed by atoms with Gasteiger partial charge in [0.05, 0.1) is 6.04 Å². The summed E-state index contributed by atoms with van der Waals surface area (Å²) in [5.74, 6) is -0.0665.